The van der Waals surface area contributed by atoms with Crippen molar-refractivity contribution in [1.82, 2.24) is 24.9 Å². The van der Waals surface area contributed by atoms with Gasteiger partial charge < -0.3 is 4.52 Å². The topological polar surface area (TPSA) is 69.6 Å². The summed E-state index contributed by atoms with van der Waals surface area (Å²) in [5, 5.41) is 13.8. The van der Waals surface area contributed by atoms with Crippen LogP contribution in [0.3, 0.4) is 0 Å². The van der Waals surface area contributed by atoms with Gasteiger partial charge >= 0.3 is 0 Å². The van der Waals surface area contributed by atoms with E-state index in [2.05, 4.69) is 24.9 Å². The van der Waals surface area contributed by atoms with Gasteiger partial charge in [0.2, 0.25) is 11.7 Å². The van der Waals surface area contributed by atoms with E-state index in [0.29, 0.717) is 17.5 Å². The molecule has 2 heterocycles. The highest BCUT2D eigenvalue weighted by molar-refractivity contribution is 7.98. The molecule has 0 spiro atoms. The minimum Gasteiger partial charge on any atom is -0.338 e. The Hall–Kier alpha value is -3.71. The van der Waals surface area contributed by atoms with Gasteiger partial charge in [0.1, 0.15) is 0 Å². The number of nitrogens with zero attached hydrogens (tertiary/aromatic N) is 5. The van der Waals surface area contributed by atoms with Gasteiger partial charge in [-0.25, -0.2) is 0 Å². The summed E-state index contributed by atoms with van der Waals surface area (Å²) >= 11 is 1.52. The third-order valence-corrected chi connectivity index (χ3v) is 5.77. The van der Waals surface area contributed by atoms with E-state index < -0.39 is 0 Å². The molecule has 6 nitrogen and oxygen atoms in total. The maximum atomic E-state index is 5.49. The fourth-order valence-electron chi connectivity index (χ4n) is 3.32. The molecule has 0 N–H and O–H groups in total. The van der Waals surface area contributed by atoms with Gasteiger partial charge in [0.15, 0.2) is 11.0 Å². The molecule has 0 saturated heterocycles. The molecule has 31 heavy (non-hydrogen) atoms. The minimum atomic E-state index is 0.499. The molecule has 0 bridgehead atoms. The van der Waals surface area contributed by atoms with Crippen molar-refractivity contribution >= 4 is 11.8 Å². The summed E-state index contributed by atoms with van der Waals surface area (Å²) in [6.45, 7) is 2.04. The molecular formula is C24H19N5OS. The molecule has 152 valence electrons. The van der Waals surface area contributed by atoms with Crippen LogP contribution in [0.2, 0.25) is 0 Å². The van der Waals surface area contributed by atoms with Crippen LogP contribution in [0.15, 0.2) is 94.6 Å². The van der Waals surface area contributed by atoms with Gasteiger partial charge in [-0.3, -0.25) is 4.57 Å². The van der Waals surface area contributed by atoms with Crippen LogP contribution < -0.4 is 0 Å². The van der Waals surface area contributed by atoms with E-state index in [-0.39, 0.29) is 0 Å². The van der Waals surface area contributed by atoms with E-state index in [9.17, 15) is 0 Å². The van der Waals surface area contributed by atoms with E-state index in [1.54, 1.807) is 0 Å². The molecule has 5 rings (SSSR count). The third-order valence-electron chi connectivity index (χ3n) is 4.86. The molecular weight excluding hydrogens is 406 g/mol. The van der Waals surface area contributed by atoms with Crippen molar-refractivity contribution in [2.24, 2.45) is 0 Å². The molecule has 0 aliphatic heterocycles. The van der Waals surface area contributed by atoms with Crippen molar-refractivity contribution in [1.29, 1.82) is 0 Å². The Labute approximate surface area is 184 Å². The van der Waals surface area contributed by atoms with Crippen LogP contribution in [0.4, 0.5) is 0 Å². The quantitative estimate of drug-likeness (QED) is 0.331. The average Bonchev–Trinajstić information content (AvgIpc) is 3.46. The van der Waals surface area contributed by atoms with Gasteiger partial charge in [0, 0.05) is 16.8 Å². The van der Waals surface area contributed by atoms with Gasteiger partial charge in [-0.2, -0.15) is 4.98 Å². The van der Waals surface area contributed by atoms with Crippen LogP contribution in [0.5, 0.6) is 0 Å². The molecule has 3 aromatic carbocycles. The van der Waals surface area contributed by atoms with Gasteiger partial charge in [0.25, 0.3) is 0 Å². The summed E-state index contributed by atoms with van der Waals surface area (Å²) < 4.78 is 7.55. The van der Waals surface area contributed by atoms with Gasteiger partial charge in [0.05, 0.1) is 5.75 Å². The number of para-hydroxylation sites is 1. The van der Waals surface area contributed by atoms with Crippen molar-refractivity contribution < 1.29 is 4.52 Å². The Morgan fingerprint density at radius 1 is 0.839 bits per heavy atom. The number of aromatic nitrogens is 5. The van der Waals surface area contributed by atoms with Crippen molar-refractivity contribution in [2.75, 3.05) is 0 Å². The van der Waals surface area contributed by atoms with Crippen molar-refractivity contribution in [3.05, 3.63) is 96.4 Å². The highest BCUT2D eigenvalue weighted by atomic mass is 32.2. The largest absolute Gasteiger partial charge is 0.338 e. The SMILES string of the molecule is Cc1ccccc1-c1noc(CSc2nnc(-c3ccccc3)n2-c2ccccc2)n1. The van der Waals surface area contributed by atoms with Crippen molar-refractivity contribution in [3.63, 3.8) is 0 Å². The maximum Gasteiger partial charge on any atom is 0.237 e. The zero-order valence-electron chi connectivity index (χ0n) is 16.8. The lowest BCUT2D eigenvalue weighted by atomic mass is 10.1. The zero-order chi connectivity index (χ0) is 21.0. The van der Waals surface area contributed by atoms with Crippen LogP contribution >= 0.6 is 11.8 Å². The van der Waals surface area contributed by atoms with Crippen LogP contribution in [0.1, 0.15) is 11.5 Å². The van der Waals surface area contributed by atoms with E-state index >= 15 is 0 Å². The predicted octanol–water partition coefficient (Wildman–Crippen LogP) is 5.59. The smallest absolute Gasteiger partial charge is 0.237 e. The molecule has 2 aromatic heterocycles. The molecule has 0 radical (unpaired) electrons. The lowest BCUT2D eigenvalue weighted by Crippen LogP contribution is -1.99. The van der Waals surface area contributed by atoms with Crippen molar-refractivity contribution in [2.45, 2.75) is 17.8 Å². The van der Waals surface area contributed by atoms with Gasteiger partial charge in [-0.05, 0) is 24.6 Å². The summed E-state index contributed by atoms with van der Waals surface area (Å²) in [7, 11) is 0. The third kappa shape index (κ3) is 4.00. The zero-order valence-corrected chi connectivity index (χ0v) is 17.7. The van der Waals surface area contributed by atoms with Gasteiger partial charge in [-0.15, -0.1) is 10.2 Å². The lowest BCUT2D eigenvalue weighted by molar-refractivity contribution is 0.391. The molecule has 0 aliphatic rings. The first-order valence-corrected chi connectivity index (χ1v) is 10.9. The lowest BCUT2D eigenvalue weighted by Gasteiger charge is -2.09. The van der Waals surface area contributed by atoms with Crippen LogP contribution in [-0.4, -0.2) is 24.9 Å². The van der Waals surface area contributed by atoms with Gasteiger partial charge in [-0.1, -0.05) is 89.7 Å². The number of thioether (sulfide) groups is 1. The first-order chi connectivity index (χ1) is 15.3. The standard InChI is InChI=1S/C24H19N5OS/c1-17-10-8-9-15-20(17)22-25-21(30-28-22)16-31-24-27-26-23(18-11-4-2-5-12-18)29(24)19-13-6-3-7-14-19/h2-15H,16H2,1H3. The first kappa shape index (κ1) is 19.3. The van der Waals surface area contributed by atoms with E-state index in [1.807, 2.05) is 91.9 Å². The second kappa shape index (κ2) is 8.57. The fourth-order valence-corrected chi connectivity index (χ4v) is 4.11. The average molecular weight is 426 g/mol. The summed E-state index contributed by atoms with van der Waals surface area (Å²) in [5.41, 5.74) is 4.09. The monoisotopic (exact) mass is 425 g/mol. The Morgan fingerprint density at radius 2 is 1.55 bits per heavy atom. The number of hydrogen-bond acceptors (Lipinski definition) is 6. The van der Waals surface area contributed by atoms with Crippen molar-refractivity contribution in [3.8, 4) is 28.5 Å². The second-order valence-electron chi connectivity index (χ2n) is 6.96. The molecule has 0 amide bonds. The van der Waals surface area contributed by atoms with Crippen LogP contribution in [0.25, 0.3) is 28.5 Å². The maximum absolute atomic E-state index is 5.49. The summed E-state index contributed by atoms with van der Waals surface area (Å²) in [4.78, 5) is 4.57. The molecule has 0 atom stereocenters. The Balaban J connectivity index is 1.44. The predicted molar refractivity (Wildman–Crippen MR) is 121 cm³/mol. The molecule has 0 saturated carbocycles. The van der Waals surface area contributed by atoms with E-state index in [0.717, 1.165) is 33.4 Å². The number of rotatable bonds is 6. The van der Waals surface area contributed by atoms with Crippen LogP contribution in [0, 0.1) is 6.92 Å². The molecule has 0 aliphatic carbocycles. The van der Waals surface area contributed by atoms with E-state index in [1.165, 1.54) is 11.8 Å². The summed E-state index contributed by atoms with van der Waals surface area (Å²) in [6.07, 6.45) is 0. The molecule has 0 fully saturated rings. The number of aryl methyl sites for hydroxylation is 1. The fraction of sp³-hybridized carbons (Fsp3) is 0.0833. The Bertz CT molecular complexity index is 1300. The number of hydrogen-bond donors (Lipinski definition) is 0. The Morgan fingerprint density at radius 3 is 2.32 bits per heavy atom. The van der Waals surface area contributed by atoms with E-state index in [4.69, 9.17) is 4.52 Å². The normalized spacial score (nSPS) is 11.0. The highest BCUT2D eigenvalue weighted by Gasteiger charge is 2.18. The summed E-state index contributed by atoms with van der Waals surface area (Å²) in [5.74, 6) is 2.44. The summed E-state index contributed by atoms with van der Waals surface area (Å²) in [6, 6.07) is 28.1. The minimum absolute atomic E-state index is 0.499. The molecule has 0 unspecified atom stereocenters. The molecule has 7 heteroatoms. The molecule has 5 aromatic rings. The van der Waals surface area contributed by atoms with Crippen LogP contribution in [-0.2, 0) is 5.75 Å². The highest BCUT2D eigenvalue weighted by Crippen LogP contribution is 2.30. The number of benzene rings is 3. The first-order valence-electron chi connectivity index (χ1n) is 9.87. The Kier molecular flexibility index (Phi) is 5.33. The second-order valence-corrected chi connectivity index (χ2v) is 7.90.